The van der Waals surface area contributed by atoms with Crippen LogP contribution in [0.4, 0.5) is 0 Å². The lowest BCUT2D eigenvalue weighted by atomic mass is 9.83. The van der Waals surface area contributed by atoms with Crippen LogP contribution in [0.25, 0.3) is 32.7 Å². The van der Waals surface area contributed by atoms with Crippen molar-refractivity contribution in [3.8, 4) is 11.1 Å². The molecule has 0 N–H and O–H groups in total. The zero-order valence-electron chi connectivity index (χ0n) is 22.2. The summed E-state index contributed by atoms with van der Waals surface area (Å²) in [4.78, 5) is 1.07. The van der Waals surface area contributed by atoms with Gasteiger partial charge in [-0.2, -0.15) is 0 Å². The topological polar surface area (TPSA) is 52.6 Å². The van der Waals surface area contributed by atoms with Crippen LogP contribution in [0, 0.1) is 0 Å². The Bertz CT molecular complexity index is 1390. The number of rotatable bonds is 5. The second-order valence-electron chi connectivity index (χ2n) is 11.1. The van der Waals surface area contributed by atoms with Gasteiger partial charge in [-0.05, 0) is 55.6 Å². The SMILES string of the molecule is COS(=O)c1ccc2cc(C(C)(C)C)ccc2c1-c1c(S(=O)OC)ccc2cc(C(C)(C)C)ccc12. The van der Waals surface area contributed by atoms with E-state index in [1.807, 2.05) is 24.3 Å². The molecule has 190 valence electrons. The van der Waals surface area contributed by atoms with Gasteiger partial charge >= 0.3 is 0 Å². The number of hydrogen-bond acceptors (Lipinski definition) is 4. The second kappa shape index (κ2) is 9.82. The van der Waals surface area contributed by atoms with E-state index in [0.29, 0.717) is 9.79 Å². The third-order valence-corrected chi connectivity index (χ3v) is 8.61. The van der Waals surface area contributed by atoms with Crippen LogP contribution in [0.3, 0.4) is 0 Å². The summed E-state index contributed by atoms with van der Waals surface area (Å²) in [6, 6.07) is 20.4. The molecule has 0 aliphatic heterocycles. The molecule has 0 amide bonds. The van der Waals surface area contributed by atoms with Gasteiger partial charge in [0.05, 0.1) is 24.0 Å². The van der Waals surface area contributed by atoms with Crippen molar-refractivity contribution < 1.29 is 16.8 Å². The first-order chi connectivity index (χ1) is 16.9. The van der Waals surface area contributed by atoms with E-state index < -0.39 is 22.2 Å². The first-order valence-electron chi connectivity index (χ1n) is 11.9. The summed E-state index contributed by atoms with van der Waals surface area (Å²) in [6.07, 6.45) is 0. The Kier molecular flexibility index (Phi) is 7.28. The smallest absolute Gasteiger partial charge is 0.189 e. The van der Waals surface area contributed by atoms with Crippen molar-refractivity contribution in [2.45, 2.75) is 62.2 Å². The van der Waals surface area contributed by atoms with E-state index >= 15 is 0 Å². The molecule has 0 saturated heterocycles. The molecule has 4 aromatic rings. The van der Waals surface area contributed by atoms with E-state index in [1.165, 1.54) is 25.3 Å². The summed E-state index contributed by atoms with van der Waals surface area (Å²) in [5.41, 5.74) is 3.87. The molecule has 2 atom stereocenters. The van der Waals surface area contributed by atoms with Crippen molar-refractivity contribution in [3.63, 3.8) is 0 Å². The molecule has 0 bridgehead atoms. The summed E-state index contributed by atoms with van der Waals surface area (Å²) < 4.78 is 36.8. The van der Waals surface area contributed by atoms with Crippen molar-refractivity contribution in [2.75, 3.05) is 14.2 Å². The molecule has 4 rings (SSSR count). The van der Waals surface area contributed by atoms with Gasteiger partial charge in [0.1, 0.15) is 0 Å². The summed E-state index contributed by atoms with van der Waals surface area (Å²) in [7, 11) is 2.86. The zero-order valence-corrected chi connectivity index (χ0v) is 23.9. The van der Waals surface area contributed by atoms with Gasteiger partial charge in [-0.25, -0.2) is 8.42 Å². The second-order valence-corrected chi connectivity index (χ2v) is 13.5. The Morgan fingerprint density at radius 3 is 1.22 bits per heavy atom. The van der Waals surface area contributed by atoms with Crippen molar-refractivity contribution in [3.05, 3.63) is 71.8 Å². The molecule has 0 aliphatic carbocycles. The molecule has 0 aliphatic rings. The van der Waals surface area contributed by atoms with E-state index in [4.69, 9.17) is 8.37 Å². The molecule has 0 spiro atoms. The highest BCUT2D eigenvalue weighted by atomic mass is 32.2. The minimum Gasteiger partial charge on any atom is -0.290 e. The average Bonchev–Trinajstić information content (AvgIpc) is 2.84. The molecule has 0 heterocycles. The van der Waals surface area contributed by atoms with E-state index in [0.717, 1.165) is 32.7 Å². The third kappa shape index (κ3) is 4.92. The van der Waals surface area contributed by atoms with Gasteiger partial charge in [0.15, 0.2) is 22.2 Å². The first kappa shape index (κ1) is 26.7. The highest BCUT2D eigenvalue weighted by Gasteiger charge is 2.25. The Morgan fingerprint density at radius 1 is 0.556 bits per heavy atom. The van der Waals surface area contributed by atoms with Crippen molar-refractivity contribution in [2.24, 2.45) is 0 Å². The van der Waals surface area contributed by atoms with Gasteiger partial charge in [0.25, 0.3) is 0 Å². The lowest BCUT2D eigenvalue weighted by Gasteiger charge is -2.23. The molecule has 36 heavy (non-hydrogen) atoms. The predicted molar refractivity (Wildman–Crippen MR) is 151 cm³/mol. The fourth-order valence-electron chi connectivity index (χ4n) is 4.53. The molecule has 0 radical (unpaired) electrons. The van der Waals surface area contributed by atoms with Gasteiger partial charge in [-0.3, -0.25) is 8.37 Å². The molecular weight excluding hydrogens is 488 g/mol. The fourth-order valence-corrected chi connectivity index (χ4v) is 6.00. The van der Waals surface area contributed by atoms with E-state index in [1.54, 1.807) is 0 Å². The lowest BCUT2D eigenvalue weighted by molar-refractivity contribution is 0.445. The van der Waals surface area contributed by atoms with Crippen LogP contribution in [0.15, 0.2) is 70.5 Å². The summed E-state index contributed by atoms with van der Waals surface area (Å²) in [5, 5.41) is 3.89. The standard InChI is InChI=1S/C30H34O4S2/c1-29(2,3)21-11-13-23-19(17-21)9-15-25(35(31)33-7)27(23)28-24-14-12-22(30(4,5)6)18-20(24)10-16-26(28)36(32)34-8/h9-18H,1-8H3. The maximum Gasteiger partial charge on any atom is 0.189 e. The molecule has 4 nitrogen and oxygen atoms in total. The predicted octanol–water partition coefficient (Wildman–Crippen LogP) is 7.59. The summed E-state index contributed by atoms with van der Waals surface area (Å²) in [6.45, 7) is 13.1. The quantitative estimate of drug-likeness (QED) is 0.271. The van der Waals surface area contributed by atoms with Crippen LogP contribution in [0.5, 0.6) is 0 Å². The van der Waals surface area contributed by atoms with Gasteiger partial charge in [-0.15, -0.1) is 0 Å². The van der Waals surface area contributed by atoms with Crippen LogP contribution in [0.2, 0.25) is 0 Å². The van der Waals surface area contributed by atoms with Crippen molar-refractivity contribution in [1.82, 2.24) is 0 Å². The molecule has 0 aromatic heterocycles. The Morgan fingerprint density at radius 2 is 0.917 bits per heavy atom. The van der Waals surface area contributed by atoms with E-state index in [2.05, 4.69) is 77.9 Å². The van der Waals surface area contributed by atoms with Gasteiger partial charge in [0.2, 0.25) is 0 Å². The molecule has 6 heteroatoms. The highest BCUT2D eigenvalue weighted by Crippen LogP contribution is 2.43. The molecular formula is C30H34O4S2. The third-order valence-electron chi connectivity index (χ3n) is 6.61. The van der Waals surface area contributed by atoms with Gasteiger partial charge in [-0.1, -0.05) is 90.1 Å². The summed E-state index contributed by atoms with van der Waals surface area (Å²) >= 11 is -3.41. The van der Waals surface area contributed by atoms with Crippen LogP contribution >= 0.6 is 0 Å². The monoisotopic (exact) mass is 522 g/mol. The molecule has 2 unspecified atom stereocenters. The Balaban J connectivity index is 2.18. The molecule has 0 saturated carbocycles. The lowest BCUT2D eigenvalue weighted by Crippen LogP contribution is -2.11. The van der Waals surface area contributed by atoms with Gasteiger partial charge in [0, 0.05) is 11.1 Å². The number of hydrogen-bond donors (Lipinski definition) is 0. The largest absolute Gasteiger partial charge is 0.290 e. The first-order valence-corrected chi connectivity index (χ1v) is 14.1. The van der Waals surface area contributed by atoms with E-state index in [9.17, 15) is 8.42 Å². The minimum atomic E-state index is -1.71. The molecule has 4 aromatic carbocycles. The normalized spacial score (nSPS) is 14.3. The fraction of sp³-hybridized carbons (Fsp3) is 0.333. The van der Waals surface area contributed by atoms with Crippen molar-refractivity contribution >= 4 is 43.7 Å². The maximum atomic E-state index is 13.1. The van der Waals surface area contributed by atoms with Gasteiger partial charge < -0.3 is 0 Å². The van der Waals surface area contributed by atoms with Crippen LogP contribution in [0.1, 0.15) is 52.7 Å². The van der Waals surface area contributed by atoms with Crippen LogP contribution in [-0.4, -0.2) is 22.6 Å². The Hall–Kier alpha value is -2.38. The molecule has 0 fully saturated rings. The Labute approximate surface area is 219 Å². The average molecular weight is 523 g/mol. The van der Waals surface area contributed by atoms with E-state index in [-0.39, 0.29) is 10.8 Å². The maximum absolute atomic E-state index is 13.1. The zero-order chi connectivity index (χ0) is 26.4. The van der Waals surface area contributed by atoms with Crippen molar-refractivity contribution in [1.29, 1.82) is 0 Å². The summed E-state index contributed by atoms with van der Waals surface area (Å²) in [5.74, 6) is 0. The number of fused-ring (bicyclic) bond motifs is 2. The number of benzene rings is 4. The van der Waals surface area contributed by atoms with Crippen LogP contribution in [-0.2, 0) is 41.4 Å². The highest BCUT2D eigenvalue weighted by molar-refractivity contribution is 7.80. The minimum absolute atomic E-state index is 0.0200. The van der Waals surface area contributed by atoms with Crippen LogP contribution < -0.4 is 0 Å².